The van der Waals surface area contributed by atoms with E-state index in [1.54, 1.807) is 0 Å². The minimum atomic E-state index is -0.179. The molecule has 0 radical (unpaired) electrons. The summed E-state index contributed by atoms with van der Waals surface area (Å²) in [6.45, 7) is 2.02. The van der Waals surface area contributed by atoms with E-state index in [1.165, 1.54) is 7.11 Å². The van der Waals surface area contributed by atoms with Crippen molar-refractivity contribution in [2.45, 2.75) is 26.2 Å². The predicted molar refractivity (Wildman–Crippen MR) is 58.5 cm³/mol. The zero-order chi connectivity index (χ0) is 9.40. The Bertz CT molecular complexity index is 164. The average Bonchev–Trinajstić information content (AvgIpc) is 2.11. The molecular weight excluding hydrogens is 267 g/mol. The fraction of sp³-hybridized carbons (Fsp3) is 0.667. The molecule has 0 saturated carbocycles. The Morgan fingerprint density at radius 1 is 1.58 bits per heavy atom. The monoisotopic (exact) mass is 282 g/mol. The number of ether oxygens (including phenoxy) is 1. The van der Waals surface area contributed by atoms with Crippen molar-refractivity contribution >= 4 is 28.6 Å². The topological polar surface area (TPSA) is 26.3 Å². The lowest BCUT2D eigenvalue weighted by Gasteiger charge is -2.02. The first-order valence-electron chi connectivity index (χ1n) is 4.09. The zero-order valence-corrected chi connectivity index (χ0v) is 9.76. The number of hydrogen-bond donors (Lipinski definition) is 0. The summed E-state index contributed by atoms with van der Waals surface area (Å²) in [6, 6.07) is 0. The van der Waals surface area contributed by atoms with E-state index in [-0.39, 0.29) is 5.97 Å². The third-order valence-corrected chi connectivity index (χ3v) is 2.24. The number of halogens is 1. The van der Waals surface area contributed by atoms with Crippen molar-refractivity contribution in [3.63, 3.8) is 0 Å². The third-order valence-electron chi connectivity index (χ3n) is 1.48. The maximum Gasteiger partial charge on any atom is 0.333 e. The molecule has 0 aliphatic heterocycles. The van der Waals surface area contributed by atoms with Crippen LogP contribution in [0, 0.1) is 0 Å². The quantitative estimate of drug-likeness (QED) is 0.335. The van der Waals surface area contributed by atoms with E-state index in [9.17, 15) is 4.79 Å². The molecule has 0 fully saturated rings. The average molecular weight is 282 g/mol. The van der Waals surface area contributed by atoms with Crippen LogP contribution < -0.4 is 0 Å². The highest BCUT2D eigenvalue weighted by atomic mass is 127. The van der Waals surface area contributed by atoms with Gasteiger partial charge in [-0.15, -0.1) is 0 Å². The standard InChI is InChI=1S/C9H15IO2/c1-3-5-8(6-4-7-10)9(11)12-2/h5H,3-4,6-7H2,1-2H3/b8-5+. The molecule has 0 heterocycles. The van der Waals surface area contributed by atoms with Crippen LogP contribution in [0.25, 0.3) is 0 Å². The lowest BCUT2D eigenvalue weighted by molar-refractivity contribution is -0.136. The Kier molecular flexibility index (Phi) is 7.54. The molecule has 0 saturated heterocycles. The molecule has 0 rings (SSSR count). The summed E-state index contributed by atoms with van der Waals surface area (Å²) in [5.41, 5.74) is 0.816. The first-order valence-corrected chi connectivity index (χ1v) is 5.62. The van der Waals surface area contributed by atoms with E-state index in [4.69, 9.17) is 0 Å². The number of carbonyl (C=O) groups excluding carboxylic acids is 1. The summed E-state index contributed by atoms with van der Waals surface area (Å²) in [5.74, 6) is -0.179. The minimum absolute atomic E-state index is 0.179. The highest BCUT2D eigenvalue weighted by molar-refractivity contribution is 14.1. The van der Waals surface area contributed by atoms with Crippen LogP contribution in [0.15, 0.2) is 11.6 Å². The third kappa shape index (κ3) is 4.74. The fourth-order valence-electron chi connectivity index (χ4n) is 0.922. The van der Waals surface area contributed by atoms with E-state index >= 15 is 0 Å². The van der Waals surface area contributed by atoms with Crippen molar-refractivity contribution in [1.82, 2.24) is 0 Å². The summed E-state index contributed by atoms with van der Waals surface area (Å²) in [4.78, 5) is 11.1. The summed E-state index contributed by atoms with van der Waals surface area (Å²) < 4.78 is 5.73. The van der Waals surface area contributed by atoms with Crippen LogP contribution in [0.4, 0.5) is 0 Å². The molecule has 0 aromatic rings. The molecule has 0 aliphatic rings. The van der Waals surface area contributed by atoms with E-state index < -0.39 is 0 Å². The number of rotatable bonds is 5. The molecule has 0 spiro atoms. The summed E-state index contributed by atoms with van der Waals surface area (Å²) in [6.07, 6.45) is 4.72. The molecule has 70 valence electrons. The second-order valence-corrected chi connectivity index (χ2v) is 3.50. The van der Waals surface area contributed by atoms with Gasteiger partial charge >= 0.3 is 5.97 Å². The van der Waals surface area contributed by atoms with Gasteiger partial charge in [-0.25, -0.2) is 4.79 Å². The van der Waals surface area contributed by atoms with Crippen molar-refractivity contribution in [2.24, 2.45) is 0 Å². The predicted octanol–water partition coefficient (Wildman–Crippen LogP) is 2.71. The lowest BCUT2D eigenvalue weighted by atomic mass is 10.1. The van der Waals surface area contributed by atoms with Gasteiger partial charge in [0.1, 0.15) is 0 Å². The molecule has 3 heteroatoms. The van der Waals surface area contributed by atoms with Crippen LogP contribution in [-0.4, -0.2) is 17.5 Å². The van der Waals surface area contributed by atoms with Gasteiger partial charge in [-0.05, 0) is 23.7 Å². The first-order chi connectivity index (χ1) is 5.76. The van der Waals surface area contributed by atoms with Gasteiger partial charge in [0.05, 0.1) is 7.11 Å². The van der Waals surface area contributed by atoms with Gasteiger partial charge in [0.2, 0.25) is 0 Å². The van der Waals surface area contributed by atoms with Crippen molar-refractivity contribution in [1.29, 1.82) is 0 Å². The summed E-state index contributed by atoms with van der Waals surface area (Å²) >= 11 is 2.31. The first kappa shape index (κ1) is 11.9. The molecule has 0 aliphatic carbocycles. The van der Waals surface area contributed by atoms with Crippen molar-refractivity contribution in [3.8, 4) is 0 Å². The Balaban J connectivity index is 4.04. The summed E-state index contributed by atoms with van der Waals surface area (Å²) in [5, 5.41) is 0. The Morgan fingerprint density at radius 3 is 2.67 bits per heavy atom. The van der Waals surface area contributed by atoms with Crippen LogP contribution >= 0.6 is 22.6 Å². The molecule has 0 aromatic carbocycles. The van der Waals surface area contributed by atoms with Crippen molar-refractivity contribution in [3.05, 3.63) is 11.6 Å². The second kappa shape index (κ2) is 7.58. The highest BCUT2D eigenvalue weighted by Gasteiger charge is 2.07. The van der Waals surface area contributed by atoms with Crippen LogP contribution in [0.2, 0.25) is 0 Å². The Labute approximate surface area is 87.5 Å². The number of allylic oxidation sites excluding steroid dienone is 1. The van der Waals surface area contributed by atoms with Crippen LogP contribution in [0.3, 0.4) is 0 Å². The van der Waals surface area contributed by atoms with Gasteiger partial charge in [-0.3, -0.25) is 0 Å². The maximum atomic E-state index is 11.1. The van der Waals surface area contributed by atoms with E-state index in [1.807, 2.05) is 13.0 Å². The number of methoxy groups -OCH3 is 1. The largest absolute Gasteiger partial charge is 0.466 e. The SMILES string of the molecule is CC/C=C(\CCCI)C(=O)OC. The van der Waals surface area contributed by atoms with Crippen molar-refractivity contribution in [2.75, 3.05) is 11.5 Å². The lowest BCUT2D eigenvalue weighted by Crippen LogP contribution is -2.04. The van der Waals surface area contributed by atoms with Gasteiger partial charge in [0.25, 0.3) is 0 Å². The molecule has 0 bridgehead atoms. The molecule has 2 nitrogen and oxygen atoms in total. The van der Waals surface area contributed by atoms with E-state index in [0.29, 0.717) is 0 Å². The molecule has 12 heavy (non-hydrogen) atoms. The molecule has 0 N–H and O–H groups in total. The molecule has 0 aromatic heterocycles. The van der Waals surface area contributed by atoms with Gasteiger partial charge < -0.3 is 4.74 Å². The number of carbonyl (C=O) groups is 1. The summed E-state index contributed by atoms with van der Waals surface area (Å²) in [7, 11) is 1.43. The van der Waals surface area contributed by atoms with Crippen molar-refractivity contribution < 1.29 is 9.53 Å². The smallest absolute Gasteiger partial charge is 0.333 e. The van der Waals surface area contributed by atoms with Crippen LogP contribution in [0.5, 0.6) is 0 Å². The number of esters is 1. The fourth-order valence-corrected chi connectivity index (χ4v) is 1.30. The molecule has 0 unspecified atom stereocenters. The maximum absolute atomic E-state index is 11.1. The van der Waals surface area contributed by atoms with Gasteiger partial charge in [-0.1, -0.05) is 35.6 Å². The minimum Gasteiger partial charge on any atom is -0.466 e. The van der Waals surface area contributed by atoms with Gasteiger partial charge in [0, 0.05) is 5.57 Å². The van der Waals surface area contributed by atoms with Gasteiger partial charge in [0.15, 0.2) is 0 Å². The number of hydrogen-bond acceptors (Lipinski definition) is 2. The van der Waals surface area contributed by atoms with Crippen LogP contribution in [0.1, 0.15) is 26.2 Å². The van der Waals surface area contributed by atoms with Gasteiger partial charge in [-0.2, -0.15) is 0 Å². The molecular formula is C9H15IO2. The Hall–Kier alpha value is -0.0600. The zero-order valence-electron chi connectivity index (χ0n) is 7.60. The molecule has 0 atom stereocenters. The number of alkyl halides is 1. The van der Waals surface area contributed by atoms with E-state index in [2.05, 4.69) is 27.3 Å². The second-order valence-electron chi connectivity index (χ2n) is 2.42. The van der Waals surface area contributed by atoms with E-state index in [0.717, 1.165) is 29.3 Å². The Morgan fingerprint density at radius 2 is 2.25 bits per heavy atom. The molecule has 0 amide bonds. The highest BCUT2D eigenvalue weighted by Crippen LogP contribution is 2.09. The van der Waals surface area contributed by atoms with Crippen LogP contribution in [-0.2, 0) is 9.53 Å². The normalized spacial score (nSPS) is 11.4.